The summed E-state index contributed by atoms with van der Waals surface area (Å²) in [6, 6.07) is 7.27. The van der Waals surface area contributed by atoms with Crippen molar-refractivity contribution in [3.05, 3.63) is 45.8 Å². The molecule has 1 amide bonds. The van der Waals surface area contributed by atoms with E-state index in [1.807, 2.05) is 12.1 Å². The van der Waals surface area contributed by atoms with E-state index in [0.29, 0.717) is 28.4 Å². The van der Waals surface area contributed by atoms with Crippen LogP contribution in [0.1, 0.15) is 46.6 Å². The van der Waals surface area contributed by atoms with E-state index in [0.717, 1.165) is 37.9 Å². The summed E-state index contributed by atoms with van der Waals surface area (Å²) in [5, 5.41) is 3.71. The van der Waals surface area contributed by atoms with Crippen LogP contribution in [0.25, 0.3) is 0 Å². The molecule has 2 N–H and O–H groups in total. The maximum atomic E-state index is 13.4. The number of hydrogen-bond donors (Lipinski definition) is 2. The highest BCUT2D eigenvalue weighted by molar-refractivity contribution is 7.17. The van der Waals surface area contributed by atoms with E-state index in [4.69, 9.17) is 4.74 Å². The van der Waals surface area contributed by atoms with Crippen molar-refractivity contribution in [3.63, 3.8) is 0 Å². The number of likely N-dealkylation sites (N-methyl/N-ethyl adjacent to an activating group) is 1. The van der Waals surface area contributed by atoms with Gasteiger partial charge in [-0.3, -0.25) is 9.59 Å². The molecule has 27 heavy (non-hydrogen) atoms. The van der Waals surface area contributed by atoms with Crippen LogP contribution < -0.4 is 15.0 Å². The van der Waals surface area contributed by atoms with Crippen molar-refractivity contribution < 1.29 is 19.2 Å². The molecule has 0 bridgehead atoms. The van der Waals surface area contributed by atoms with E-state index in [9.17, 15) is 9.59 Å². The van der Waals surface area contributed by atoms with Gasteiger partial charge < -0.3 is 15.0 Å². The number of benzene rings is 1. The smallest absolute Gasteiger partial charge is 0.280 e. The molecule has 6 heteroatoms. The van der Waals surface area contributed by atoms with Crippen molar-refractivity contribution >= 4 is 28.0 Å². The van der Waals surface area contributed by atoms with E-state index in [-0.39, 0.29) is 11.7 Å². The maximum Gasteiger partial charge on any atom is 0.280 e. The van der Waals surface area contributed by atoms with Crippen LogP contribution in [0.4, 0.5) is 5.00 Å². The molecule has 5 nitrogen and oxygen atoms in total. The fourth-order valence-corrected chi connectivity index (χ4v) is 4.90. The van der Waals surface area contributed by atoms with Gasteiger partial charge in [-0.25, -0.2) is 0 Å². The number of nitrogens with one attached hydrogen (secondary N) is 2. The van der Waals surface area contributed by atoms with Crippen LogP contribution in [-0.2, 0) is 17.6 Å². The van der Waals surface area contributed by atoms with E-state index in [2.05, 4.69) is 19.2 Å². The summed E-state index contributed by atoms with van der Waals surface area (Å²) in [5.41, 5.74) is 2.29. The fourth-order valence-electron chi connectivity index (χ4n) is 3.60. The summed E-state index contributed by atoms with van der Waals surface area (Å²) in [7, 11) is 1.57. The van der Waals surface area contributed by atoms with Gasteiger partial charge in [0.05, 0.1) is 31.3 Å². The lowest BCUT2D eigenvalue weighted by atomic mass is 9.99. The van der Waals surface area contributed by atoms with E-state index >= 15 is 0 Å². The SMILES string of the molecule is CC[NH+](CC)CC(=O)Nc1sc2c(c1C(=O)c1ccccc1OC)CCC2. The first kappa shape index (κ1) is 19.6. The van der Waals surface area contributed by atoms with Crippen LogP contribution in [0.3, 0.4) is 0 Å². The third kappa shape index (κ3) is 4.06. The van der Waals surface area contributed by atoms with Crippen LogP contribution in [0.5, 0.6) is 5.75 Å². The van der Waals surface area contributed by atoms with Gasteiger partial charge in [0.15, 0.2) is 12.3 Å². The molecule has 0 saturated carbocycles. The molecule has 3 rings (SSSR count). The first-order valence-electron chi connectivity index (χ1n) is 9.54. The molecule has 2 aromatic rings. The Balaban J connectivity index is 1.93. The summed E-state index contributed by atoms with van der Waals surface area (Å²) in [5.74, 6) is 0.449. The van der Waals surface area contributed by atoms with Crippen LogP contribution in [0.15, 0.2) is 24.3 Å². The number of fused-ring (bicyclic) bond motifs is 1. The Morgan fingerprint density at radius 1 is 1.19 bits per heavy atom. The molecule has 1 aliphatic rings. The van der Waals surface area contributed by atoms with Crippen LogP contribution >= 0.6 is 11.3 Å². The molecule has 1 heterocycles. The van der Waals surface area contributed by atoms with Gasteiger partial charge >= 0.3 is 0 Å². The molecule has 1 aromatic heterocycles. The summed E-state index contributed by atoms with van der Waals surface area (Å²) in [4.78, 5) is 28.3. The summed E-state index contributed by atoms with van der Waals surface area (Å²) >= 11 is 1.55. The molecule has 1 aromatic carbocycles. The van der Waals surface area contributed by atoms with Gasteiger partial charge in [-0.2, -0.15) is 0 Å². The number of quaternary nitrogens is 1. The van der Waals surface area contributed by atoms with Gasteiger partial charge in [-0.1, -0.05) is 12.1 Å². The molecule has 0 spiro atoms. The minimum atomic E-state index is -0.0719. The lowest BCUT2D eigenvalue weighted by Crippen LogP contribution is -3.12. The molecular formula is C21H27N2O3S+. The van der Waals surface area contributed by atoms with Crippen LogP contribution in [-0.4, -0.2) is 38.4 Å². The van der Waals surface area contributed by atoms with Crippen molar-refractivity contribution in [2.75, 3.05) is 32.1 Å². The summed E-state index contributed by atoms with van der Waals surface area (Å²) in [6.45, 7) is 6.36. The Kier molecular flexibility index (Phi) is 6.29. The predicted octanol–water partition coefficient (Wildman–Crippen LogP) is 2.34. The fraction of sp³-hybridized carbons (Fsp3) is 0.429. The number of methoxy groups -OCH3 is 1. The zero-order valence-electron chi connectivity index (χ0n) is 16.2. The first-order chi connectivity index (χ1) is 13.1. The normalized spacial score (nSPS) is 12.9. The Morgan fingerprint density at radius 3 is 2.63 bits per heavy atom. The summed E-state index contributed by atoms with van der Waals surface area (Å²) in [6.07, 6.45) is 2.92. The van der Waals surface area contributed by atoms with Gasteiger partial charge in [0.2, 0.25) is 0 Å². The largest absolute Gasteiger partial charge is 0.496 e. The maximum absolute atomic E-state index is 13.4. The molecule has 0 saturated heterocycles. The molecule has 0 unspecified atom stereocenters. The topological polar surface area (TPSA) is 59.8 Å². The Bertz CT molecular complexity index is 840. The average Bonchev–Trinajstić information content (AvgIpc) is 3.26. The predicted molar refractivity (Wildman–Crippen MR) is 108 cm³/mol. The second kappa shape index (κ2) is 8.67. The second-order valence-corrected chi connectivity index (χ2v) is 7.88. The van der Waals surface area contributed by atoms with Crippen molar-refractivity contribution in [2.45, 2.75) is 33.1 Å². The van der Waals surface area contributed by atoms with Gasteiger partial charge in [0.25, 0.3) is 5.91 Å². The summed E-state index contributed by atoms with van der Waals surface area (Å²) < 4.78 is 5.38. The average molecular weight is 388 g/mol. The monoisotopic (exact) mass is 387 g/mol. The Labute approximate surface area is 164 Å². The molecule has 0 aliphatic heterocycles. The Hall–Kier alpha value is -2.18. The highest BCUT2D eigenvalue weighted by atomic mass is 32.1. The van der Waals surface area contributed by atoms with Gasteiger partial charge in [-0.15, -0.1) is 11.3 Å². The molecule has 0 radical (unpaired) electrons. The van der Waals surface area contributed by atoms with Crippen molar-refractivity contribution in [3.8, 4) is 5.75 Å². The van der Waals surface area contributed by atoms with Gasteiger partial charge in [0, 0.05) is 4.88 Å². The highest BCUT2D eigenvalue weighted by Crippen LogP contribution is 2.41. The second-order valence-electron chi connectivity index (χ2n) is 6.77. The van der Waals surface area contributed by atoms with E-state index < -0.39 is 0 Å². The van der Waals surface area contributed by atoms with Crippen molar-refractivity contribution in [2.24, 2.45) is 0 Å². The minimum Gasteiger partial charge on any atom is -0.496 e. The lowest BCUT2D eigenvalue weighted by molar-refractivity contribution is -0.888. The van der Waals surface area contributed by atoms with Crippen molar-refractivity contribution in [1.29, 1.82) is 0 Å². The van der Waals surface area contributed by atoms with Gasteiger partial charge in [-0.05, 0) is 50.8 Å². The zero-order valence-corrected chi connectivity index (χ0v) is 17.0. The number of anilines is 1. The number of thiophene rings is 1. The first-order valence-corrected chi connectivity index (χ1v) is 10.4. The quantitative estimate of drug-likeness (QED) is 0.684. The zero-order chi connectivity index (χ0) is 19.4. The number of carbonyl (C=O) groups excluding carboxylic acids is 2. The van der Waals surface area contributed by atoms with Crippen LogP contribution in [0.2, 0.25) is 0 Å². The van der Waals surface area contributed by atoms with Crippen molar-refractivity contribution in [1.82, 2.24) is 0 Å². The highest BCUT2D eigenvalue weighted by Gasteiger charge is 2.29. The molecule has 144 valence electrons. The third-order valence-corrected chi connectivity index (χ3v) is 6.37. The molecular weight excluding hydrogens is 360 g/mol. The van der Waals surface area contributed by atoms with Gasteiger partial charge in [0.1, 0.15) is 10.8 Å². The van der Waals surface area contributed by atoms with E-state index in [1.165, 1.54) is 9.78 Å². The number of amides is 1. The van der Waals surface area contributed by atoms with Crippen LogP contribution in [0, 0.1) is 0 Å². The number of aryl methyl sites for hydroxylation is 1. The minimum absolute atomic E-state index is 0.0392. The number of ether oxygens (including phenoxy) is 1. The third-order valence-electron chi connectivity index (χ3n) is 5.16. The Morgan fingerprint density at radius 2 is 1.93 bits per heavy atom. The molecule has 0 atom stereocenters. The number of carbonyl (C=O) groups is 2. The standard InChI is InChI=1S/C21H26N2O3S/c1-4-23(5-2)13-18(24)22-21-19(15-10-8-12-17(15)27-21)20(25)14-9-6-7-11-16(14)26-3/h6-7,9,11H,4-5,8,10,12-13H2,1-3H3,(H,22,24)/p+1. The molecule has 0 fully saturated rings. The number of rotatable bonds is 8. The number of hydrogen-bond acceptors (Lipinski definition) is 4. The molecule has 1 aliphatic carbocycles. The number of ketones is 1. The van der Waals surface area contributed by atoms with E-state index in [1.54, 1.807) is 30.6 Å². The number of para-hydroxylation sites is 1. The lowest BCUT2D eigenvalue weighted by Gasteiger charge is -2.15.